The number of hydrogen-bond acceptors (Lipinski definition) is 1. The maximum atomic E-state index is 3.78. The van der Waals surface area contributed by atoms with Gasteiger partial charge in [0.25, 0.3) is 0 Å². The van der Waals surface area contributed by atoms with Gasteiger partial charge in [0, 0.05) is 6.04 Å². The summed E-state index contributed by atoms with van der Waals surface area (Å²) < 4.78 is 0. The average molecular weight is 285 g/mol. The lowest BCUT2D eigenvalue weighted by Gasteiger charge is -2.42. The van der Waals surface area contributed by atoms with E-state index >= 15 is 0 Å². The highest BCUT2D eigenvalue weighted by molar-refractivity contribution is 5.21. The van der Waals surface area contributed by atoms with Crippen molar-refractivity contribution in [3.05, 3.63) is 35.9 Å². The van der Waals surface area contributed by atoms with Gasteiger partial charge < -0.3 is 5.32 Å². The van der Waals surface area contributed by atoms with Crippen LogP contribution in [0.3, 0.4) is 0 Å². The molecule has 0 amide bonds. The second-order valence-electron chi connectivity index (χ2n) is 8.34. The van der Waals surface area contributed by atoms with Crippen LogP contribution in [0, 0.1) is 17.3 Å². The summed E-state index contributed by atoms with van der Waals surface area (Å²) in [6.07, 6.45) is 6.95. The number of rotatable bonds is 4. The topological polar surface area (TPSA) is 12.0 Å². The van der Waals surface area contributed by atoms with Crippen molar-refractivity contribution in [3.8, 4) is 0 Å². The van der Waals surface area contributed by atoms with Gasteiger partial charge in [0.2, 0.25) is 0 Å². The summed E-state index contributed by atoms with van der Waals surface area (Å²) >= 11 is 0. The van der Waals surface area contributed by atoms with Crippen LogP contribution >= 0.6 is 0 Å². The first-order valence-electron chi connectivity index (χ1n) is 8.82. The van der Waals surface area contributed by atoms with Gasteiger partial charge in [-0.3, -0.25) is 0 Å². The Balaban J connectivity index is 1.73. The van der Waals surface area contributed by atoms with Gasteiger partial charge in [-0.15, -0.1) is 0 Å². The first-order valence-corrected chi connectivity index (χ1v) is 8.82. The molecule has 0 saturated heterocycles. The fourth-order valence-electron chi connectivity index (χ4n) is 3.98. The highest BCUT2D eigenvalue weighted by Crippen LogP contribution is 2.46. The van der Waals surface area contributed by atoms with Crippen LogP contribution < -0.4 is 5.32 Å². The molecule has 1 heteroatoms. The van der Waals surface area contributed by atoms with Crippen LogP contribution in [0.25, 0.3) is 0 Å². The molecular formula is C20H31N. The average Bonchev–Trinajstić information content (AvgIpc) is 3.29. The summed E-state index contributed by atoms with van der Waals surface area (Å²) in [6.45, 7) is 8.48. The Kier molecular flexibility index (Phi) is 4.40. The van der Waals surface area contributed by atoms with Crippen molar-refractivity contribution < 1.29 is 0 Å². The van der Waals surface area contributed by atoms with Crippen LogP contribution in [0.1, 0.15) is 64.4 Å². The van der Waals surface area contributed by atoms with Crippen LogP contribution in [0.2, 0.25) is 0 Å². The van der Waals surface area contributed by atoms with Crippen LogP contribution in [0.4, 0.5) is 0 Å². The van der Waals surface area contributed by atoms with E-state index in [0.29, 0.717) is 5.41 Å². The zero-order chi connectivity index (χ0) is 14.9. The molecule has 0 aromatic heterocycles. The van der Waals surface area contributed by atoms with Crippen LogP contribution in [-0.2, 0) is 0 Å². The predicted molar refractivity (Wildman–Crippen MR) is 90.5 cm³/mol. The molecule has 0 spiro atoms. The molecule has 2 fully saturated rings. The fourth-order valence-corrected chi connectivity index (χ4v) is 3.98. The maximum Gasteiger partial charge on any atom is 0.00683 e. The number of hydrogen-bond donors (Lipinski definition) is 1. The van der Waals surface area contributed by atoms with Crippen LogP contribution in [0.15, 0.2) is 30.3 Å². The molecule has 1 N–H and O–H groups in total. The summed E-state index contributed by atoms with van der Waals surface area (Å²) in [5.41, 5.74) is 2.01. The third-order valence-electron chi connectivity index (χ3n) is 5.69. The van der Waals surface area contributed by atoms with Crippen molar-refractivity contribution in [3.63, 3.8) is 0 Å². The highest BCUT2D eigenvalue weighted by atomic mass is 14.9. The minimum absolute atomic E-state index is 0.446. The molecule has 1 aromatic carbocycles. The van der Waals surface area contributed by atoms with Crippen molar-refractivity contribution in [2.75, 3.05) is 6.54 Å². The van der Waals surface area contributed by atoms with Crippen molar-refractivity contribution >= 4 is 0 Å². The molecule has 1 aromatic rings. The van der Waals surface area contributed by atoms with Crippen molar-refractivity contribution in [1.82, 2.24) is 5.32 Å². The van der Waals surface area contributed by atoms with Crippen LogP contribution in [0.5, 0.6) is 0 Å². The molecule has 3 atom stereocenters. The summed E-state index contributed by atoms with van der Waals surface area (Å²) in [4.78, 5) is 0. The first kappa shape index (κ1) is 15.1. The molecule has 2 aliphatic rings. The van der Waals surface area contributed by atoms with E-state index < -0.39 is 0 Å². The SMILES string of the molecule is CC(C)(C)C1CCC(CNC2CC2)C(c2ccccc2)C1. The maximum absolute atomic E-state index is 3.78. The van der Waals surface area contributed by atoms with Crippen molar-refractivity contribution in [1.29, 1.82) is 0 Å². The molecular weight excluding hydrogens is 254 g/mol. The molecule has 3 unspecified atom stereocenters. The summed E-state index contributed by atoms with van der Waals surface area (Å²) in [6, 6.07) is 12.1. The van der Waals surface area contributed by atoms with Gasteiger partial charge >= 0.3 is 0 Å². The normalized spacial score (nSPS) is 30.3. The van der Waals surface area contributed by atoms with Gasteiger partial charge in [-0.25, -0.2) is 0 Å². The molecule has 0 bridgehead atoms. The Labute approximate surface area is 130 Å². The van der Waals surface area contributed by atoms with E-state index in [-0.39, 0.29) is 0 Å². The zero-order valence-corrected chi connectivity index (χ0v) is 13.9. The van der Waals surface area contributed by atoms with Gasteiger partial charge in [-0.1, -0.05) is 51.1 Å². The van der Waals surface area contributed by atoms with Crippen molar-refractivity contribution in [2.45, 2.75) is 64.8 Å². The predicted octanol–water partition coefficient (Wildman–Crippen LogP) is 4.98. The van der Waals surface area contributed by atoms with E-state index in [0.717, 1.165) is 23.8 Å². The molecule has 2 saturated carbocycles. The molecule has 21 heavy (non-hydrogen) atoms. The largest absolute Gasteiger partial charge is 0.314 e. The van der Waals surface area contributed by atoms with E-state index in [1.807, 2.05) is 0 Å². The first-order chi connectivity index (χ1) is 10.0. The number of benzene rings is 1. The zero-order valence-electron chi connectivity index (χ0n) is 13.9. The molecule has 0 radical (unpaired) electrons. The monoisotopic (exact) mass is 285 g/mol. The lowest BCUT2D eigenvalue weighted by atomic mass is 9.64. The van der Waals surface area contributed by atoms with Crippen molar-refractivity contribution in [2.24, 2.45) is 17.3 Å². The van der Waals surface area contributed by atoms with Gasteiger partial charge in [-0.05, 0) is 67.4 Å². The Hall–Kier alpha value is -0.820. The Morgan fingerprint density at radius 3 is 2.33 bits per heavy atom. The minimum atomic E-state index is 0.446. The van der Waals surface area contributed by atoms with E-state index in [9.17, 15) is 0 Å². The Bertz CT molecular complexity index is 441. The van der Waals surface area contributed by atoms with E-state index in [1.165, 1.54) is 38.6 Å². The lowest BCUT2D eigenvalue weighted by Crippen LogP contribution is -2.36. The Morgan fingerprint density at radius 1 is 1.00 bits per heavy atom. The van der Waals surface area contributed by atoms with Gasteiger partial charge in [-0.2, -0.15) is 0 Å². The third-order valence-corrected chi connectivity index (χ3v) is 5.69. The Morgan fingerprint density at radius 2 is 1.71 bits per heavy atom. The van der Waals surface area contributed by atoms with E-state index in [2.05, 4.69) is 56.4 Å². The van der Waals surface area contributed by atoms with Gasteiger partial charge in [0.1, 0.15) is 0 Å². The second kappa shape index (κ2) is 6.12. The molecule has 0 aliphatic heterocycles. The van der Waals surface area contributed by atoms with Gasteiger partial charge in [0.15, 0.2) is 0 Å². The number of nitrogens with one attached hydrogen (secondary N) is 1. The molecule has 1 nitrogen and oxygen atoms in total. The third kappa shape index (κ3) is 3.88. The molecule has 3 rings (SSSR count). The standard InChI is InChI=1S/C20H31N/c1-20(2,3)17-10-9-16(14-21-18-11-12-18)19(13-17)15-7-5-4-6-8-15/h4-8,16-19,21H,9-14H2,1-3H3. The summed E-state index contributed by atoms with van der Waals surface area (Å²) in [5, 5.41) is 3.78. The molecule has 2 aliphatic carbocycles. The quantitative estimate of drug-likeness (QED) is 0.822. The highest BCUT2D eigenvalue weighted by Gasteiger charge is 2.37. The second-order valence-corrected chi connectivity index (χ2v) is 8.34. The van der Waals surface area contributed by atoms with Crippen LogP contribution in [-0.4, -0.2) is 12.6 Å². The fraction of sp³-hybridized carbons (Fsp3) is 0.700. The van der Waals surface area contributed by atoms with E-state index in [4.69, 9.17) is 0 Å². The summed E-state index contributed by atoms with van der Waals surface area (Å²) in [5.74, 6) is 2.43. The smallest absolute Gasteiger partial charge is 0.00683 e. The lowest BCUT2D eigenvalue weighted by molar-refractivity contribution is 0.129. The van der Waals surface area contributed by atoms with Gasteiger partial charge in [0.05, 0.1) is 0 Å². The molecule has 0 heterocycles. The summed E-state index contributed by atoms with van der Waals surface area (Å²) in [7, 11) is 0. The minimum Gasteiger partial charge on any atom is -0.314 e. The molecule has 116 valence electrons. The van der Waals surface area contributed by atoms with E-state index in [1.54, 1.807) is 5.56 Å².